The lowest BCUT2D eigenvalue weighted by molar-refractivity contribution is -0.125. The highest BCUT2D eigenvalue weighted by Gasteiger charge is 2.60. The van der Waals surface area contributed by atoms with Crippen molar-refractivity contribution in [1.82, 2.24) is 9.62 Å². The Morgan fingerprint density at radius 1 is 0.850 bits per heavy atom. The Labute approximate surface area is 243 Å². The van der Waals surface area contributed by atoms with E-state index in [4.69, 9.17) is 11.6 Å². The number of Topliss-reactive ketones (excluding diaryl/α,β-unsaturated/α-hetero) is 1. The normalized spacial score (nSPS) is 21.4. The van der Waals surface area contributed by atoms with Gasteiger partial charge in [0.25, 0.3) is 0 Å². The molecule has 1 N–H and O–H groups in total. The average Bonchev–Trinajstić information content (AvgIpc) is 3.61. The van der Waals surface area contributed by atoms with Gasteiger partial charge in [0.05, 0.1) is 21.7 Å². The topological polar surface area (TPSA) is 83.6 Å². The minimum atomic E-state index is -4.25. The van der Waals surface area contributed by atoms with Crippen molar-refractivity contribution in [1.29, 1.82) is 0 Å². The molecule has 0 radical (unpaired) electrons. The number of rotatable bonds is 8. The van der Waals surface area contributed by atoms with Crippen molar-refractivity contribution in [2.45, 2.75) is 42.8 Å². The van der Waals surface area contributed by atoms with Crippen LogP contribution in [-0.2, 0) is 14.8 Å². The predicted octanol–water partition coefficient (Wildman–Crippen LogP) is 6.32. The zero-order chi connectivity index (χ0) is 28.4. The van der Waals surface area contributed by atoms with Gasteiger partial charge >= 0.3 is 0 Å². The van der Waals surface area contributed by atoms with Crippen molar-refractivity contribution in [3.8, 4) is 0 Å². The Morgan fingerprint density at radius 3 is 2.05 bits per heavy atom. The van der Waals surface area contributed by atoms with E-state index < -0.39 is 39.8 Å². The minimum Gasteiger partial charge on any atom is -0.353 e. The monoisotopic (exact) mass is 592 g/mol. The van der Waals surface area contributed by atoms with E-state index in [0.29, 0.717) is 21.0 Å². The van der Waals surface area contributed by atoms with Crippen LogP contribution in [0.1, 0.15) is 46.6 Å². The van der Waals surface area contributed by atoms with Crippen LogP contribution in [0.25, 0.3) is 0 Å². The van der Waals surface area contributed by atoms with Gasteiger partial charge in [0, 0.05) is 17.0 Å². The number of nitrogens with zero attached hydrogens (tertiary/aromatic N) is 1. The Hall–Kier alpha value is -3.30. The molecule has 0 bridgehead atoms. The molecule has 4 atom stereocenters. The quantitative estimate of drug-likeness (QED) is 0.243. The van der Waals surface area contributed by atoms with Gasteiger partial charge in [0.2, 0.25) is 15.9 Å². The van der Waals surface area contributed by atoms with E-state index in [1.165, 1.54) is 27.8 Å². The van der Waals surface area contributed by atoms with E-state index >= 15 is 0 Å². The average molecular weight is 593 g/mol. The number of carbonyl (C=O) groups excluding carboxylic acids is 2. The van der Waals surface area contributed by atoms with E-state index in [2.05, 4.69) is 5.32 Å². The molecule has 0 saturated carbocycles. The van der Waals surface area contributed by atoms with Gasteiger partial charge in [-0.2, -0.15) is 4.31 Å². The van der Waals surface area contributed by atoms with Crippen molar-refractivity contribution < 1.29 is 18.0 Å². The fraction of sp³-hybridized carbons (Fsp3) is 0.226. The van der Waals surface area contributed by atoms with Gasteiger partial charge in [-0.1, -0.05) is 78.3 Å². The highest BCUT2D eigenvalue weighted by Crippen LogP contribution is 2.53. The number of ketones is 1. The second-order valence-corrected chi connectivity index (χ2v) is 13.3. The van der Waals surface area contributed by atoms with Crippen LogP contribution in [0.2, 0.25) is 5.02 Å². The molecule has 1 aliphatic heterocycles. The lowest BCUT2D eigenvalue weighted by atomic mass is 9.77. The van der Waals surface area contributed by atoms with Crippen LogP contribution >= 0.6 is 22.9 Å². The molecule has 1 fully saturated rings. The molecule has 3 aromatic carbocycles. The number of nitrogens with one attached hydrogen (secondary N) is 1. The lowest BCUT2D eigenvalue weighted by Gasteiger charge is -2.31. The first-order valence-corrected chi connectivity index (χ1v) is 15.7. The molecule has 1 aliphatic rings. The summed E-state index contributed by atoms with van der Waals surface area (Å²) in [6.07, 6.45) is 0. The first kappa shape index (κ1) is 28.2. The molecule has 1 amide bonds. The van der Waals surface area contributed by atoms with Gasteiger partial charge in [-0.3, -0.25) is 9.59 Å². The molecule has 2 heterocycles. The standard InChI is InChI=1S/C31H29ClN2O4S2/c1-20(2)33-31(36)29-26(21-15-17-23(32)18-16-21)27(30(35)25-14-9-19-39-25)28(22-10-5-3-6-11-22)34(29)40(37,38)24-12-7-4-8-13-24/h3-20,26-29H,1-2H3,(H,33,36). The zero-order valence-corrected chi connectivity index (χ0v) is 24.4. The summed E-state index contributed by atoms with van der Waals surface area (Å²) in [7, 11) is -4.25. The number of amides is 1. The number of halogens is 1. The summed E-state index contributed by atoms with van der Waals surface area (Å²) in [4.78, 5) is 29.0. The van der Waals surface area contributed by atoms with Crippen LogP contribution in [0, 0.1) is 5.92 Å². The Morgan fingerprint density at radius 2 is 1.48 bits per heavy atom. The van der Waals surface area contributed by atoms with Gasteiger partial charge in [0.1, 0.15) is 6.04 Å². The molecule has 1 saturated heterocycles. The van der Waals surface area contributed by atoms with Gasteiger partial charge in [-0.25, -0.2) is 8.42 Å². The predicted molar refractivity (Wildman–Crippen MR) is 158 cm³/mol. The van der Waals surface area contributed by atoms with Crippen LogP contribution in [0.15, 0.2) is 107 Å². The molecule has 9 heteroatoms. The van der Waals surface area contributed by atoms with E-state index in [9.17, 15) is 18.0 Å². The van der Waals surface area contributed by atoms with Crippen molar-refractivity contribution in [2.75, 3.05) is 0 Å². The summed E-state index contributed by atoms with van der Waals surface area (Å²) in [5.74, 6) is -2.34. The second-order valence-electron chi connectivity index (χ2n) is 10.1. The summed E-state index contributed by atoms with van der Waals surface area (Å²) < 4.78 is 30.3. The highest BCUT2D eigenvalue weighted by molar-refractivity contribution is 7.89. The second kappa shape index (κ2) is 11.7. The Balaban J connectivity index is 1.82. The van der Waals surface area contributed by atoms with Crippen molar-refractivity contribution >= 4 is 44.7 Å². The van der Waals surface area contributed by atoms with Crippen LogP contribution in [0.3, 0.4) is 0 Å². The van der Waals surface area contributed by atoms with Crippen LogP contribution in [0.5, 0.6) is 0 Å². The maximum absolute atomic E-state index is 14.5. The first-order chi connectivity index (χ1) is 19.2. The van der Waals surface area contributed by atoms with E-state index in [0.717, 1.165) is 0 Å². The Kier molecular flexibility index (Phi) is 8.24. The van der Waals surface area contributed by atoms with Crippen LogP contribution < -0.4 is 5.32 Å². The number of hydrogen-bond donors (Lipinski definition) is 1. The largest absolute Gasteiger partial charge is 0.353 e. The first-order valence-electron chi connectivity index (χ1n) is 13.0. The molecular weight excluding hydrogens is 564 g/mol. The molecule has 6 nitrogen and oxygen atoms in total. The Bertz CT molecular complexity index is 1580. The maximum Gasteiger partial charge on any atom is 0.244 e. The highest BCUT2D eigenvalue weighted by atomic mass is 35.5. The SMILES string of the molecule is CC(C)NC(=O)C1C(c2ccc(Cl)cc2)C(C(=O)c2cccs2)C(c2ccccc2)N1S(=O)(=O)c1ccccc1. The van der Waals surface area contributed by atoms with Gasteiger partial charge in [-0.05, 0) is 60.7 Å². The number of sulfonamides is 1. The van der Waals surface area contributed by atoms with Crippen molar-refractivity contribution in [2.24, 2.45) is 5.92 Å². The number of carbonyl (C=O) groups is 2. The minimum absolute atomic E-state index is 0.0531. The summed E-state index contributed by atoms with van der Waals surface area (Å²) >= 11 is 7.52. The summed E-state index contributed by atoms with van der Waals surface area (Å²) in [6, 6.07) is 25.3. The fourth-order valence-corrected chi connectivity index (χ4v) is 8.17. The number of benzene rings is 3. The van der Waals surface area contributed by atoms with Crippen LogP contribution in [0.4, 0.5) is 0 Å². The van der Waals surface area contributed by atoms with Crippen LogP contribution in [-0.4, -0.2) is 36.5 Å². The molecule has 0 spiro atoms. The molecule has 1 aromatic heterocycles. The summed E-state index contributed by atoms with van der Waals surface area (Å²) in [5, 5.41) is 5.25. The third kappa shape index (κ3) is 5.37. The summed E-state index contributed by atoms with van der Waals surface area (Å²) in [6.45, 7) is 3.65. The lowest BCUT2D eigenvalue weighted by Crippen LogP contribution is -2.50. The fourth-order valence-electron chi connectivity index (χ4n) is 5.51. The molecule has 5 rings (SSSR count). The van der Waals surface area contributed by atoms with Gasteiger partial charge in [0.15, 0.2) is 5.78 Å². The van der Waals surface area contributed by atoms with Crippen molar-refractivity contribution in [3.63, 3.8) is 0 Å². The third-order valence-electron chi connectivity index (χ3n) is 7.10. The third-order valence-corrected chi connectivity index (χ3v) is 10.1. The number of hydrogen-bond acceptors (Lipinski definition) is 5. The molecule has 4 unspecified atom stereocenters. The number of thiophene rings is 1. The van der Waals surface area contributed by atoms with E-state index in [1.54, 1.807) is 54.6 Å². The van der Waals surface area contributed by atoms with E-state index in [-0.39, 0.29) is 16.7 Å². The smallest absolute Gasteiger partial charge is 0.244 e. The molecule has 0 aliphatic carbocycles. The molecule has 206 valence electrons. The summed E-state index contributed by atoms with van der Waals surface area (Å²) in [5.41, 5.74) is 1.30. The van der Waals surface area contributed by atoms with Gasteiger partial charge < -0.3 is 5.32 Å². The van der Waals surface area contributed by atoms with E-state index in [1.807, 2.05) is 49.6 Å². The molecule has 4 aromatic rings. The maximum atomic E-state index is 14.5. The van der Waals surface area contributed by atoms with Gasteiger partial charge in [-0.15, -0.1) is 11.3 Å². The molecular formula is C31H29ClN2O4S2. The van der Waals surface area contributed by atoms with Crippen molar-refractivity contribution in [3.05, 3.63) is 123 Å². The molecule has 40 heavy (non-hydrogen) atoms. The zero-order valence-electron chi connectivity index (χ0n) is 22.0.